The molecule has 1 aromatic carbocycles. The third-order valence-corrected chi connectivity index (χ3v) is 2.78. The molecule has 0 nitrogen and oxygen atoms in total. The second kappa shape index (κ2) is 8.15. The van der Waals surface area contributed by atoms with Crippen LogP contribution in [0.25, 0.3) is 23.3 Å². The van der Waals surface area contributed by atoms with Gasteiger partial charge in [-0.1, -0.05) is 12.1 Å². The van der Waals surface area contributed by atoms with Crippen LogP contribution in [0.3, 0.4) is 0 Å². The van der Waals surface area contributed by atoms with Crippen LogP contribution in [0.5, 0.6) is 0 Å². The Morgan fingerprint density at radius 3 is 0.808 bits per heavy atom. The predicted molar refractivity (Wildman–Crippen MR) is 67.4 cm³/mol. The van der Waals surface area contributed by atoms with Gasteiger partial charge in [0.1, 0.15) is 0 Å². The van der Waals surface area contributed by atoms with Crippen LogP contribution in [-0.4, -0.2) is 0 Å². The fourth-order valence-electron chi connectivity index (χ4n) is 1.82. The van der Waals surface area contributed by atoms with Crippen LogP contribution in [0.2, 0.25) is 0 Å². The molecule has 0 fully saturated rings. The summed E-state index contributed by atoms with van der Waals surface area (Å²) >= 11 is 0. The lowest BCUT2D eigenvalue weighted by molar-refractivity contribution is 0.405. The Labute approximate surface area is 136 Å². The molecular weight excluding hydrogens is 396 g/mol. The highest BCUT2D eigenvalue weighted by molar-refractivity contribution is 5.88. The first-order chi connectivity index (χ1) is 11.9. The molecule has 0 heterocycles. The minimum atomic E-state index is -3.42. The minimum Gasteiger partial charge on any atom is -0.200 e. The zero-order chi connectivity index (χ0) is 20.3. The number of rotatable bonds is 4. The fourth-order valence-corrected chi connectivity index (χ4v) is 1.82. The fraction of sp³-hybridized carbons (Fsp3) is 0. The predicted octanol–water partition coefficient (Wildman–Crippen LogP) is 7.83. The summed E-state index contributed by atoms with van der Waals surface area (Å²) in [5.74, 6) is -11.5. The van der Waals surface area contributed by atoms with Gasteiger partial charge >= 0.3 is 24.3 Å². The topological polar surface area (TPSA) is 0 Å². The molecule has 0 aromatic heterocycles. The second-order valence-corrected chi connectivity index (χ2v) is 4.21. The molecule has 1 rings (SSSR count). The largest absolute Gasteiger partial charge is 0.306 e. The van der Waals surface area contributed by atoms with Gasteiger partial charge in [-0.15, -0.1) is 0 Å². The average molecular weight is 398 g/mol. The van der Waals surface area contributed by atoms with Crippen LogP contribution >= 0.6 is 0 Å². The molecule has 26 heavy (non-hydrogen) atoms. The van der Waals surface area contributed by atoms with Crippen molar-refractivity contribution in [2.45, 2.75) is 0 Å². The van der Waals surface area contributed by atoms with Crippen molar-refractivity contribution in [1.82, 2.24) is 0 Å². The molecule has 0 unspecified atom stereocenters. The Morgan fingerprint density at radius 1 is 0.385 bits per heavy atom. The molecule has 142 valence electrons. The van der Waals surface area contributed by atoms with E-state index in [1.54, 1.807) is 0 Å². The first-order valence-electron chi connectivity index (χ1n) is 5.93. The molecular formula is C14H2F12. The summed E-state index contributed by atoms with van der Waals surface area (Å²) < 4.78 is 153. The minimum absolute atomic E-state index is 0.0862. The lowest BCUT2D eigenvalue weighted by Gasteiger charge is -2.14. The van der Waals surface area contributed by atoms with E-state index in [1.165, 1.54) is 0 Å². The Hall–Kier alpha value is -2.66. The van der Waals surface area contributed by atoms with Gasteiger partial charge in [0.05, 0.1) is 0 Å². The average Bonchev–Trinajstić information content (AvgIpc) is 2.57. The van der Waals surface area contributed by atoms with E-state index in [4.69, 9.17) is 0 Å². The van der Waals surface area contributed by atoms with E-state index in [1.807, 2.05) is 0 Å². The Balaban J connectivity index is 4.29. The molecule has 0 saturated carbocycles. The Morgan fingerprint density at radius 2 is 0.615 bits per heavy atom. The van der Waals surface area contributed by atoms with Crippen LogP contribution in [0.1, 0.15) is 22.3 Å². The summed E-state index contributed by atoms with van der Waals surface area (Å²) in [4.78, 5) is 0. The molecule has 12 heteroatoms. The summed E-state index contributed by atoms with van der Waals surface area (Å²) in [6.45, 7) is 0. The normalized spacial score (nSPS) is 10.3. The quantitative estimate of drug-likeness (QED) is 0.454. The zero-order valence-electron chi connectivity index (χ0n) is 11.7. The summed E-state index contributed by atoms with van der Waals surface area (Å²) in [6.07, 6.45) is -13.4. The maximum Gasteiger partial charge on any atom is 0.306 e. The maximum atomic E-state index is 13.6. The Kier molecular flexibility index (Phi) is 6.70. The SMILES string of the molecule is FC(F)=C(F)c1ccc(C(F)=C(F)F)c(C(F)=C(F)F)c1C(F)=C(F)F. The van der Waals surface area contributed by atoms with Gasteiger partial charge in [-0.3, -0.25) is 0 Å². The monoisotopic (exact) mass is 398 g/mol. The van der Waals surface area contributed by atoms with Crippen molar-refractivity contribution in [2.24, 2.45) is 0 Å². The van der Waals surface area contributed by atoms with Crippen LogP contribution in [-0.2, 0) is 0 Å². The van der Waals surface area contributed by atoms with Crippen molar-refractivity contribution in [2.75, 3.05) is 0 Å². The molecule has 0 amide bonds. The van der Waals surface area contributed by atoms with E-state index in [2.05, 4.69) is 0 Å². The Bertz CT molecular complexity index is 772. The van der Waals surface area contributed by atoms with Gasteiger partial charge in [-0.25, -0.2) is 17.6 Å². The highest BCUT2D eigenvalue weighted by atomic mass is 19.3. The van der Waals surface area contributed by atoms with E-state index in [-0.39, 0.29) is 12.1 Å². The molecule has 0 aliphatic carbocycles. The molecule has 0 aliphatic heterocycles. The molecule has 0 atom stereocenters. The molecule has 0 bridgehead atoms. The molecule has 1 aromatic rings. The van der Waals surface area contributed by atoms with E-state index < -0.39 is 69.9 Å². The van der Waals surface area contributed by atoms with Gasteiger partial charge in [0, 0.05) is 22.3 Å². The number of hydrogen-bond acceptors (Lipinski definition) is 0. The van der Waals surface area contributed by atoms with Gasteiger partial charge in [0.2, 0.25) is 0 Å². The molecule has 0 spiro atoms. The van der Waals surface area contributed by atoms with Crippen molar-refractivity contribution in [3.8, 4) is 0 Å². The molecule has 0 aliphatic rings. The highest BCUT2D eigenvalue weighted by Gasteiger charge is 2.31. The van der Waals surface area contributed by atoms with Gasteiger partial charge in [-0.2, -0.15) is 35.1 Å². The highest BCUT2D eigenvalue weighted by Crippen LogP contribution is 2.43. The van der Waals surface area contributed by atoms with E-state index in [0.717, 1.165) is 0 Å². The molecule has 0 radical (unpaired) electrons. The van der Waals surface area contributed by atoms with E-state index in [0.29, 0.717) is 0 Å². The van der Waals surface area contributed by atoms with Crippen molar-refractivity contribution in [3.05, 3.63) is 58.7 Å². The standard InChI is InChI=1S/C14H2F12/c15-7(11(19)20)3-1-2-4(8(16)12(21)22)6(10(18)14(25)26)5(3)9(17)13(23)24/h1-2H. The lowest BCUT2D eigenvalue weighted by Crippen LogP contribution is -2.02. The summed E-state index contributed by atoms with van der Waals surface area (Å²) in [5.41, 5.74) is -8.38. The zero-order valence-corrected chi connectivity index (χ0v) is 11.7. The smallest absolute Gasteiger partial charge is 0.200 e. The van der Waals surface area contributed by atoms with Gasteiger partial charge in [-0.05, 0) is 0 Å². The third kappa shape index (κ3) is 4.11. The van der Waals surface area contributed by atoms with Crippen LogP contribution in [0.15, 0.2) is 36.5 Å². The second-order valence-electron chi connectivity index (χ2n) is 4.21. The summed E-state index contributed by atoms with van der Waals surface area (Å²) in [7, 11) is 0. The first kappa shape index (κ1) is 21.4. The number of halogens is 12. The third-order valence-electron chi connectivity index (χ3n) is 2.78. The van der Waals surface area contributed by atoms with Crippen molar-refractivity contribution in [1.29, 1.82) is 0 Å². The van der Waals surface area contributed by atoms with Crippen LogP contribution in [0.4, 0.5) is 52.7 Å². The van der Waals surface area contributed by atoms with Crippen molar-refractivity contribution >= 4 is 23.3 Å². The van der Waals surface area contributed by atoms with E-state index >= 15 is 0 Å². The maximum absolute atomic E-state index is 13.6. The van der Waals surface area contributed by atoms with Gasteiger partial charge in [0.15, 0.2) is 23.3 Å². The van der Waals surface area contributed by atoms with E-state index in [9.17, 15) is 52.7 Å². The first-order valence-corrected chi connectivity index (χ1v) is 5.93. The van der Waals surface area contributed by atoms with Crippen LogP contribution in [0, 0.1) is 0 Å². The lowest BCUT2D eigenvalue weighted by atomic mass is 9.93. The number of hydrogen-bond donors (Lipinski definition) is 0. The number of benzene rings is 1. The van der Waals surface area contributed by atoms with Crippen LogP contribution < -0.4 is 0 Å². The van der Waals surface area contributed by atoms with Crippen molar-refractivity contribution < 1.29 is 52.7 Å². The molecule has 0 N–H and O–H groups in total. The van der Waals surface area contributed by atoms with Gasteiger partial charge in [0.25, 0.3) is 0 Å². The summed E-state index contributed by atoms with van der Waals surface area (Å²) in [5, 5.41) is 0. The summed E-state index contributed by atoms with van der Waals surface area (Å²) in [6, 6.07) is -0.172. The molecule has 0 saturated heterocycles. The van der Waals surface area contributed by atoms with Gasteiger partial charge < -0.3 is 0 Å². The van der Waals surface area contributed by atoms with Crippen molar-refractivity contribution in [3.63, 3.8) is 0 Å².